The van der Waals surface area contributed by atoms with Crippen LogP contribution in [0.5, 0.6) is 5.88 Å². The molecule has 2 aliphatic heterocycles. The second-order valence-electron chi connectivity index (χ2n) is 19.9. The second-order valence-corrected chi connectivity index (χ2v) is 21.6. The third-order valence-corrected chi connectivity index (χ3v) is 15.7. The van der Waals surface area contributed by atoms with E-state index >= 15 is 0 Å². The van der Waals surface area contributed by atoms with Gasteiger partial charge in [0, 0.05) is 95.5 Å². The Morgan fingerprint density at radius 3 is 2.38 bits per heavy atom. The van der Waals surface area contributed by atoms with Crippen LogP contribution in [0.15, 0.2) is 96.6 Å². The van der Waals surface area contributed by atoms with Crippen molar-refractivity contribution in [3.05, 3.63) is 135 Å². The standard InChI is InChI=1S/C54H59ClN12O4S/c1-29(2)49(53(70)65-27-30(3)21-44(65)52(69)59-32(5)35-9-11-37(12-10-35)50-57-19-20-64(50)8)66-28-39(26-58-66)38-17-18-56-46(22-38)71-42-23-41(24-42)60-45(68)25-43-51-63-62-34(7)67(51)54-47(31(4)33(6)72-54)48(61-43)36-13-15-40(55)16-14-36/h9-20,22,26,28-30,32,41-44,49H,21,23-25,27H2,1-8H3,(H,59,69)(H,60,68)/t30-,32+,41-,42+,43+,44+,49-/m1/s1. The Morgan fingerprint density at radius 1 is 0.903 bits per heavy atom. The quantitative estimate of drug-likeness (QED) is 0.108. The Balaban J connectivity index is 0.762. The van der Waals surface area contributed by atoms with Crippen molar-refractivity contribution >= 4 is 46.4 Å². The lowest BCUT2D eigenvalue weighted by atomic mass is 9.89. The van der Waals surface area contributed by atoms with E-state index in [2.05, 4.69) is 51.6 Å². The molecule has 5 atom stereocenters. The number of benzene rings is 2. The van der Waals surface area contributed by atoms with Gasteiger partial charge in [-0.05, 0) is 80.8 Å². The maximum atomic E-state index is 14.5. The summed E-state index contributed by atoms with van der Waals surface area (Å²) >= 11 is 7.96. The van der Waals surface area contributed by atoms with Gasteiger partial charge in [-0.1, -0.05) is 68.8 Å². The summed E-state index contributed by atoms with van der Waals surface area (Å²) in [5.74, 6) is 2.32. The van der Waals surface area contributed by atoms with E-state index in [1.54, 1.807) is 39.5 Å². The number of imidazole rings is 1. The second kappa shape index (κ2) is 19.9. The fourth-order valence-corrected chi connectivity index (χ4v) is 11.5. The molecule has 72 heavy (non-hydrogen) atoms. The highest BCUT2D eigenvalue weighted by atomic mass is 35.5. The number of halogens is 1. The van der Waals surface area contributed by atoms with Gasteiger partial charge in [-0.2, -0.15) is 5.10 Å². The lowest BCUT2D eigenvalue weighted by molar-refractivity contribution is -0.142. The van der Waals surface area contributed by atoms with Gasteiger partial charge in [-0.25, -0.2) is 9.97 Å². The molecule has 2 fully saturated rings. The number of pyridine rings is 1. The maximum absolute atomic E-state index is 14.5. The lowest BCUT2D eigenvalue weighted by Crippen LogP contribution is -2.49. The van der Waals surface area contributed by atoms with Crippen molar-refractivity contribution in [2.75, 3.05) is 6.54 Å². The summed E-state index contributed by atoms with van der Waals surface area (Å²) in [6.07, 6.45) is 10.8. The van der Waals surface area contributed by atoms with Crippen molar-refractivity contribution in [2.24, 2.45) is 23.9 Å². The third-order valence-electron chi connectivity index (χ3n) is 14.3. The minimum Gasteiger partial charge on any atom is -0.474 e. The van der Waals surface area contributed by atoms with Crippen molar-refractivity contribution in [1.29, 1.82) is 0 Å². The summed E-state index contributed by atoms with van der Waals surface area (Å²) in [5, 5.41) is 21.7. The Bertz CT molecular complexity index is 3180. The molecule has 1 saturated heterocycles. The molecule has 0 bridgehead atoms. The van der Waals surface area contributed by atoms with Crippen molar-refractivity contribution in [2.45, 2.75) is 110 Å². The van der Waals surface area contributed by atoms with Crippen LogP contribution < -0.4 is 15.4 Å². The van der Waals surface area contributed by atoms with Gasteiger partial charge >= 0.3 is 0 Å². The van der Waals surface area contributed by atoms with Crippen LogP contribution in [0.4, 0.5) is 0 Å². The van der Waals surface area contributed by atoms with Gasteiger partial charge in [0.1, 0.15) is 40.9 Å². The molecule has 3 amide bonds. The number of carbonyl (C=O) groups is 3. The molecule has 1 saturated carbocycles. The Morgan fingerprint density at radius 2 is 1.65 bits per heavy atom. The number of aliphatic imine (C=N–C) groups is 1. The minimum atomic E-state index is -0.625. The highest BCUT2D eigenvalue weighted by molar-refractivity contribution is 7.15. The first-order valence-electron chi connectivity index (χ1n) is 24.6. The van der Waals surface area contributed by atoms with Gasteiger partial charge < -0.3 is 24.8 Å². The maximum Gasteiger partial charge on any atom is 0.248 e. The number of aromatic nitrogens is 8. The van der Waals surface area contributed by atoms with Gasteiger partial charge in [-0.3, -0.25) is 28.6 Å². The molecule has 2 aromatic carbocycles. The molecule has 7 aromatic rings. The van der Waals surface area contributed by atoms with E-state index in [0.29, 0.717) is 42.5 Å². The fourth-order valence-electron chi connectivity index (χ4n) is 10.2. The number of nitrogens with one attached hydrogen (secondary N) is 2. The zero-order valence-electron chi connectivity index (χ0n) is 41.7. The molecule has 0 spiro atoms. The molecular weight excluding hydrogens is 948 g/mol. The van der Waals surface area contributed by atoms with Crippen molar-refractivity contribution in [3.8, 4) is 33.4 Å². The molecule has 0 unspecified atom stereocenters. The van der Waals surface area contributed by atoms with Crippen molar-refractivity contribution in [1.82, 2.24) is 54.6 Å². The van der Waals surface area contributed by atoms with Crippen LogP contribution in [0.25, 0.3) is 27.5 Å². The van der Waals surface area contributed by atoms with Crippen LogP contribution in [0.3, 0.4) is 0 Å². The SMILES string of the molecule is Cc1sc2c(c1C)C(c1ccc(Cl)cc1)=N[C@@H](CC(=O)N[C@H]1C[C@@H](Oc3cc(-c4cnn([C@@H](C(=O)N5C[C@H](C)C[C@H]5C(=O)N[C@@H](C)c5ccc(-c6nccn6C)cc5)C(C)C)c4)ccn3)C1)c1nnc(C)n1-2. The van der Waals surface area contributed by atoms with Gasteiger partial charge in [0.15, 0.2) is 5.82 Å². The Labute approximate surface area is 427 Å². The first-order chi connectivity index (χ1) is 34.6. The number of ether oxygens (including phenoxy) is 1. The zero-order valence-corrected chi connectivity index (χ0v) is 43.3. The highest BCUT2D eigenvalue weighted by Crippen LogP contribution is 2.40. The summed E-state index contributed by atoms with van der Waals surface area (Å²) in [5.41, 5.74) is 7.46. The third kappa shape index (κ3) is 9.59. The van der Waals surface area contributed by atoms with E-state index in [0.717, 1.165) is 61.3 Å². The number of aryl methyl sites for hydroxylation is 3. The highest BCUT2D eigenvalue weighted by Gasteiger charge is 2.42. The normalized spacial score (nSPS) is 20.2. The number of likely N-dealkylation sites (tertiary alicyclic amines) is 1. The predicted molar refractivity (Wildman–Crippen MR) is 277 cm³/mol. The van der Waals surface area contributed by atoms with Crippen LogP contribution in [-0.4, -0.2) is 92.1 Å². The minimum absolute atomic E-state index is 0.0749. The molecule has 5 aromatic heterocycles. The molecule has 3 aliphatic rings. The predicted octanol–water partition coefficient (Wildman–Crippen LogP) is 8.89. The number of rotatable bonds is 14. The molecule has 1 aliphatic carbocycles. The average Bonchev–Trinajstić information content (AvgIpc) is 4.19. The van der Waals surface area contributed by atoms with E-state index in [1.165, 1.54) is 4.88 Å². The number of thiophene rings is 1. The summed E-state index contributed by atoms with van der Waals surface area (Å²) in [7, 11) is 1.96. The molecule has 0 radical (unpaired) electrons. The lowest BCUT2D eigenvalue weighted by Gasteiger charge is -2.35. The topological polar surface area (TPSA) is 179 Å². The molecule has 7 heterocycles. The number of hydrogen-bond donors (Lipinski definition) is 2. The van der Waals surface area contributed by atoms with Gasteiger partial charge in [0.25, 0.3) is 0 Å². The van der Waals surface area contributed by atoms with Crippen molar-refractivity contribution < 1.29 is 19.1 Å². The summed E-state index contributed by atoms with van der Waals surface area (Å²) < 4.78 is 12.1. The molecule has 2 N–H and O–H groups in total. The van der Waals surface area contributed by atoms with E-state index in [4.69, 9.17) is 26.4 Å². The zero-order chi connectivity index (χ0) is 50.5. The van der Waals surface area contributed by atoms with E-state index < -0.39 is 18.1 Å². The van der Waals surface area contributed by atoms with Gasteiger partial charge in [0.05, 0.1) is 24.4 Å². The molecule has 10 rings (SSSR count). The fraction of sp³-hybridized carbons (Fsp3) is 0.389. The van der Waals surface area contributed by atoms with E-state index in [1.807, 2.05) is 117 Å². The van der Waals surface area contributed by atoms with Crippen LogP contribution in [0.2, 0.25) is 5.02 Å². The van der Waals surface area contributed by atoms with Crippen LogP contribution in [0, 0.1) is 32.6 Å². The summed E-state index contributed by atoms with van der Waals surface area (Å²) in [4.78, 5) is 59.4. The molecule has 16 nitrogen and oxygen atoms in total. The Kier molecular flexibility index (Phi) is 13.4. The van der Waals surface area contributed by atoms with Gasteiger partial charge in [-0.15, -0.1) is 21.5 Å². The number of amides is 3. The molecule has 18 heteroatoms. The van der Waals surface area contributed by atoms with E-state index in [9.17, 15) is 14.4 Å². The summed E-state index contributed by atoms with van der Waals surface area (Å²) in [6, 6.07) is 17.3. The number of fused-ring (bicyclic) bond motifs is 3. The van der Waals surface area contributed by atoms with Crippen LogP contribution in [0.1, 0.15) is 110 Å². The van der Waals surface area contributed by atoms with Crippen LogP contribution >= 0.6 is 22.9 Å². The van der Waals surface area contributed by atoms with E-state index in [-0.39, 0.29) is 54.2 Å². The summed E-state index contributed by atoms with van der Waals surface area (Å²) in [6.45, 7) is 14.7. The smallest absolute Gasteiger partial charge is 0.248 e. The van der Waals surface area contributed by atoms with Gasteiger partial charge in [0.2, 0.25) is 23.6 Å². The number of carbonyl (C=O) groups excluding carboxylic acids is 3. The van der Waals surface area contributed by atoms with Crippen LogP contribution in [-0.2, 0) is 21.4 Å². The molecular formula is C54H59ClN12O4S. The Hall–Kier alpha value is -6.98. The monoisotopic (exact) mass is 1010 g/mol. The largest absolute Gasteiger partial charge is 0.474 e. The first-order valence-corrected chi connectivity index (χ1v) is 25.8. The number of hydrogen-bond acceptors (Lipinski definition) is 11. The average molecular weight is 1010 g/mol. The number of nitrogens with zero attached hydrogens (tertiary/aromatic N) is 10. The molecule has 372 valence electrons. The van der Waals surface area contributed by atoms with Crippen molar-refractivity contribution in [3.63, 3.8) is 0 Å². The first kappa shape index (κ1) is 48.6.